The Balaban J connectivity index is 2.26. The van der Waals surface area contributed by atoms with Crippen LogP contribution < -0.4 is 5.32 Å². The van der Waals surface area contributed by atoms with Crippen molar-refractivity contribution in [3.05, 3.63) is 30.1 Å². The molecule has 1 aromatic heterocycles. The summed E-state index contributed by atoms with van der Waals surface area (Å²) in [5.74, 6) is 0.612. The number of carbonyl (C=O) groups is 1. The van der Waals surface area contributed by atoms with Crippen molar-refractivity contribution >= 4 is 11.7 Å². The minimum atomic E-state index is -0.231. The van der Waals surface area contributed by atoms with Gasteiger partial charge in [0.25, 0.3) is 0 Å². The topological polar surface area (TPSA) is 54.4 Å². The van der Waals surface area contributed by atoms with Crippen LogP contribution in [0.2, 0.25) is 0 Å². The van der Waals surface area contributed by atoms with E-state index in [4.69, 9.17) is 0 Å². The van der Waals surface area contributed by atoms with E-state index in [1.165, 1.54) is 0 Å². The normalized spacial score (nSPS) is 20.5. The summed E-state index contributed by atoms with van der Waals surface area (Å²) in [4.78, 5) is 19.6. The number of aromatic nitrogens is 1. The fraction of sp³-hybridized carbons (Fsp3) is 0.300. The molecule has 0 radical (unpaired) electrons. The highest BCUT2D eigenvalue weighted by molar-refractivity contribution is 6.13. The van der Waals surface area contributed by atoms with Crippen LogP contribution in [-0.4, -0.2) is 22.8 Å². The molecule has 1 aromatic rings. The molecule has 2 rings (SSSR count). The van der Waals surface area contributed by atoms with Gasteiger partial charge in [0.15, 0.2) is 0 Å². The van der Waals surface area contributed by atoms with Gasteiger partial charge in [0.2, 0.25) is 5.91 Å². The molecule has 0 spiro atoms. The van der Waals surface area contributed by atoms with Crippen LogP contribution in [-0.2, 0) is 4.79 Å². The maximum Gasteiger partial charge on any atom is 0.250 e. The number of pyridine rings is 1. The first-order valence-electron chi connectivity index (χ1n) is 4.60. The summed E-state index contributed by atoms with van der Waals surface area (Å²) in [7, 11) is 0. The summed E-state index contributed by atoms with van der Waals surface area (Å²) in [6.07, 6.45) is 4.12. The molecule has 0 fully saturated rings. The average Bonchev–Trinajstić information content (AvgIpc) is 2.61. The van der Waals surface area contributed by atoms with Crippen molar-refractivity contribution < 1.29 is 4.79 Å². The molecule has 1 N–H and O–H groups in total. The van der Waals surface area contributed by atoms with Gasteiger partial charge in [0.05, 0.1) is 0 Å². The Morgan fingerprint density at radius 1 is 1.57 bits per heavy atom. The minimum Gasteiger partial charge on any atom is -0.309 e. The molecule has 1 amide bonds. The highest BCUT2D eigenvalue weighted by Crippen LogP contribution is 2.09. The molecule has 1 aliphatic rings. The minimum absolute atomic E-state index is 0.0219. The fourth-order valence-electron chi connectivity index (χ4n) is 1.37. The molecule has 0 bridgehead atoms. The molecule has 2 heterocycles. The largest absolute Gasteiger partial charge is 0.309 e. The van der Waals surface area contributed by atoms with Crippen molar-refractivity contribution in [3.8, 4) is 0 Å². The van der Waals surface area contributed by atoms with Crippen LogP contribution in [0.4, 0.5) is 0 Å². The van der Waals surface area contributed by atoms with Gasteiger partial charge in [-0.25, -0.2) is 0 Å². The monoisotopic (exact) mass is 189 g/mol. The second-order valence-corrected chi connectivity index (χ2v) is 3.13. The third-order valence-electron chi connectivity index (χ3n) is 2.15. The lowest BCUT2D eigenvalue weighted by Crippen LogP contribution is -2.28. The van der Waals surface area contributed by atoms with E-state index in [0.29, 0.717) is 5.84 Å². The van der Waals surface area contributed by atoms with Crippen molar-refractivity contribution in [2.24, 2.45) is 4.99 Å². The van der Waals surface area contributed by atoms with E-state index in [-0.39, 0.29) is 11.9 Å². The lowest BCUT2D eigenvalue weighted by molar-refractivity contribution is -0.120. The number of amides is 1. The van der Waals surface area contributed by atoms with Gasteiger partial charge in [-0.15, -0.1) is 0 Å². The first kappa shape index (κ1) is 8.87. The van der Waals surface area contributed by atoms with E-state index >= 15 is 0 Å². The summed E-state index contributed by atoms with van der Waals surface area (Å²) in [5, 5.41) is 2.74. The number of rotatable bonds is 2. The number of hydrogen-bond donors (Lipinski definition) is 1. The van der Waals surface area contributed by atoms with Crippen molar-refractivity contribution in [3.63, 3.8) is 0 Å². The Labute approximate surface area is 82.1 Å². The van der Waals surface area contributed by atoms with Crippen molar-refractivity contribution in [1.29, 1.82) is 0 Å². The van der Waals surface area contributed by atoms with E-state index in [1.54, 1.807) is 12.4 Å². The standard InChI is InChI=1S/C10H11N3O/c1-2-8-10(14)13-9(12-8)7-4-3-5-11-6-7/h3-6,8H,2H2,1H3,(H,12,13,14). The fourth-order valence-corrected chi connectivity index (χ4v) is 1.37. The Hall–Kier alpha value is -1.71. The van der Waals surface area contributed by atoms with E-state index in [2.05, 4.69) is 15.3 Å². The highest BCUT2D eigenvalue weighted by atomic mass is 16.2. The van der Waals surface area contributed by atoms with Gasteiger partial charge in [-0.05, 0) is 18.6 Å². The Morgan fingerprint density at radius 2 is 2.43 bits per heavy atom. The second kappa shape index (κ2) is 3.57. The second-order valence-electron chi connectivity index (χ2n) is 3.13. The third kappa shape index (κ3) is 1.51. The van der Waals surface area contributed by atoms with Crippen molar-refractivity contribution in [2.45, 2.75) is 19.4 Å². The van der Waals surface area contributed by atoms with Crippen molar-refractivity contribution in [2.75, 3.05) is 0 Å². The van der Waals surface area contributed by atoms with Crippen LogP contribution in [0.5, 0.6) is 0 Å². The number of carbonyl (C=O) groups excluding carboxylic acids is 1. The van der Waals surface area contributed by atoms with Crippen LogP contribution >= 0.6 is 0 Å². The van der Waals surface area contributed by atoms with Crippen LogP contribution in [0.3, 0.4) is 0 Å². The van der Waals surface area contributed by atoms with Gasteiger partial charge < -0.3 is 5.32 Å². The zero-order chi connectivity index (χ0) is 9.97. The summed E-state index contributed by atoms with van der Waals surface area (Å²) in [5.41, 5.74) is 0.858. The summed E-state index contributed by atoms with van der Waals surface area (Å²) in [6.45, 7) is 1.94. The van der Waals surface area contributed by atoms with Gasteiger partial charge in [0.1, 0.15) is 11.9 Å². The molecule has 1 atom stereocenters. The summed E-state index contributed by atoms with van der Waals surface area (Å²) >= 11 is 0. The molecule has 0 aliphatic carbocycles. The number of aliphatic imine (C=N–C) groups is 1. The van der Waals surface area contributed by atoms with Crippen LogP contribution in [0, 0.1) is 0 Å². The Bertz CT molecular complexity index is 372. The highest BCUT2D eigenvalue weighted by Gasteiger charge is 2.24. The molecule has 72 valence electrons. The number of hydrogen-bond acceptors (Lipinski definition) is 3. The molecule has 0 saturated carbocycles. The first-order chi connectivity index (χ1) is 6.81. The van der Waals surface area contributed by atoms with Gasteiger partial charge >= 0.3 is 0 Å². The third-order valence-corrected chi connectivity index (χ3v) is 2.15. The van der Waals surface area contributed by atoms with E-state index in [9.17, 15) is 4.79 Å². The van der Waals surface area contributed by atoms with Gasteiger partial charge in [-0.1, -0.05) is 6.92 Å². The van der Waals surface area contributed by atoms with Crippen LogP contribution in [0.15, 0.2) is 29.5 Å². The predicted octanol–water partition coefficient (Wildman–Crippen LogP) is 0.737. The average molecular weight is 189 g/mol. The lowest BCUT2D eigenvalue weighted by Gasteiger charge is -1.98. The molecule has 4 heteroatoms. The zero-order valence-corrected chi connectivity index (χ0v) is 7.90. The molecule has 1 aliphatic heterocycles. The number of nitrogens with zero attached hydrogens (tertiary/aromatic N) is 2. The first-order valence-corrected chi connectivity index (χ1v) is 4.60. The number of nitrogens with one attached hydrogen (secondary N) is 1. The Kier molecular flexibility index (Phi) is 2.26. The summed E-state index contributed by atoms with van der Waals surface area (Å²) in [6, 6.07) is 3.47. The maximum absolute atomic E-state index is 11.3. The molecule has 4 nitrogen and oxygen atoms in total. The SMILES string of the molecule is CCC1N=C(c2cccnc2)NC1=O. The molecule has 0 saturated heterocycles. The predicted molar refractivity (Wildman–Crippen MR) is 53.0 cm³/mol. The van der Waals surface area contributed by atoms with E-state index in [1.807, 2.05) is 19.1 Å². The van der Waals surface area contributed by atoms with Gasteiger partial charge in [-0.3, -0.25) is 14.8 Å². The van der Waals surface area contributed by atoms with Crippen LogP contribution in [0.25, 0.3) is 0 Å². The number of amidine groups is 1. The summed E-state index contributed by atoms with van der Waals surface area (Å²) < 4.78 is 0. The van der Waals surface area contributed by atoms with E-state index < -0.39 is 0 Å². The zero-order valence-electron chi connectivity index (χ0n) is 7.90. The lowest BCUT2D eigenvalue weighted by atomic mass is 10.2. The molecular formula is C10H11N3O. The van der Waals surface area contributed by atoms with Gasteiger partial charge in [0, 0.05) is 18.0 Å². The Morgan fingerprint density at radius 3 is 3.00 bits per heavy atom. The molecule has 14 heavy (non-hydrogen) atoms. The van der Waals surface area contributed by atoms with Crippen molar-refractivity contribution in [1.82, 2.24) is 10.3 Å². The maximum atomic E-state index is 11.3. The molecular weight excluding hydrogens is 178 g/mol. The molecule has 0 aromatic carbocycles. The smallest absolute Gasteiger partial charge is 0.250 e. The quantitative estimate of drug-likeness (QED) is 0.745. The van der Waals surface area contributed by atoms with Gasteiger partial charge in [-0.2, -0.15) is 0 Å². The van der Waals surface area contributed by atoms with E-state index in [0.717, 1.165) is 12.0 Å². The van der Waals surface area contributed by atoms with Crippen LogP contribution in [0.1, 0.15) is 18.9 Å². The molecule has 1 unspecified atom stereocenters.